The third-order valence-corrected chi connectivity index (χ3v) is 2.96. The second-order valence-electron chi connectivity index (χ2n) is 4.19. The molecular formula is C14H10ClN3O4. The van der Waals surface area contributed by atoms with Crippen molar-refractivity contribution in [2.75, 3.05) is 0 Å². The highest BCUT2D eigenvalue weighted by Crippen LogP contribution is 2.17. The molecule has 0 unspecified atom stereocenters. The number of nitro benzene ring substituents is 1. The number of hydrogen-bond donors (Lipinski definition) is 2. The lowest BCUT2D eigenvalue weighted by Gasteiger charge is -2.08. The van der Waals surface area contributed by atoms with E-state index in [2.05, 4.69) is 10.9 Å². The number of hydrazine groups is 1. The average Bonchev–Trinajstić information content (AvgIpc) is 2.52. The summed E-state index contributed by atoms with van der Waals surface area (Å²) >= 11 is 5.76. The molecular weight excluding hydrogens is 310 g/mol. The van der Waals surface area contributed by atoms with Crippen LogP contribution in [0.3, 0.4) is 0 Å². The van der Waals surface area contributed by atoms with Gasteiger partial charge in [0, 0.05) is 16.7 Å². The van der Waals surface area contributed by atoms with E-state index in [4.69, 9.17) is 11.6 Å². The number of nitrogens with one attached hydrogen (secondary N) is 2. The summed E-state index contributed by atoms with van der Waals surface area (Å²) in [6, 6.07) is 11.5. The van der Waals surface area contributed by atoms with Crippen LogP contribution in [-0.4, -0.2) is 16.7 Å². The highest BCUT2D eigenvalue weighted by Gasteiger charge is 2.19. The Balaban J connectivity index is 2.07. The van der Waals surface area contributed by atoms with E-state index >= 15 is 0 Å². The quantitative estimate of drug-likeness (QED) is 0.669. The van der Waals surface area contributed by atoms with Crippen LogP contribution in [0.2, 0.25) is 5.02 Å². The van der Waals surface area contributed by atoms with Gasteiger partial charge in [0.15, 0.2) is 0 Å². The van der Waals surface area contributed by atoms with Crippen LogP contribution < -0.4 is 10.9 Å². The number of amides is 2. The van der Waals surface area contributed by atoms with E-state index in [0.29, 0.717) is 5.02 Å². The molecule has 0 heterocycles. The standard InChI is InChI=1S/C14H10ClN3O4/c15-10-5-3-4-9(8-10)13(19)16-17-14(20)11-6-1-2-7-12(11)18(21)22/h1-8H,(H,16,19)(H,17,20). The lowest BCUT2D eigenvalue weighted by atomic mass is 10.2. The van der Waals surface area contributed by atoms with Crippen molar-refractivity contribution in [1.82, 2.24) is 10.9 Å². The van der Waals surface area contributed by atoms with Crippen LogP contribution in [0, 0.1) is 10.1 Å². The molecule has 22 heavy (non-hydrogen) atoms. The highest BCUT2D eigenvalue weighted by molar-refractivity contribution is 6.30. The van der Waals surface area contributed by atoms with E-state index < -0.39 is 16.7 Å². The monoisotopic (exact) mass is 319 g/mol. The number of nitro groups is 1. The molecule has 112 valence electrons. The van der Waals surface area contributed by atoms with Crippen LogP contribution in [-0.2, 0) is 0 Å². The SMILES string of the molecule is O=C(NNC(=O)c1ccccc1[N+](=O)[O-])c1cccc(Cl)c1. The Kier molecular flexibility index (Phi) is 4.70. The van der Waals surface area contributed by atoms with Crippen molar-refractivity contribution in [3.8, 4) is 0 Å². The molecule has 2 rings (SSSR count). The van der Waals surface area contributed by atoms with E-state index in [1.54, 1.807) is 12.1 Å². The third kappa shape index (κ3) is 3.58. The third-order valence-electron chi connectivity index (χ3n) is 2.72. The van der Waals surface area contributed by atoms with Crippen LogP contribution >= 0.6 is 11.6 Å². The predicted octanol–water partition coefficient (Wildman–Crippen LogP) is 2.32. The van der Waals surface area contributed by atoms with Gasteiger partial charge in [0.05, 0.1) is 4.92 Å². The molecule has 2 N–H and O–H groups in total. The summed E-state index contributed by atoms with van der Waals surface area (Å²) in [6.45, 7) is 0. The summed E-state index contributed by atoms with van der Waals surface area (Å²) in [7, 11) is 0. The maximum atomic E-state index is 11.9. The van der Waals surface area contributed by atoms with Gasteiger partial charge in [0.1, 0.15) is 5.56 Å². The van der Waals surface area contributed by atoms with E-state index in [-0.39, 0.29) is 16.8 Å². The summed E-state index contributed by atoms with van der Waals surface area (Å²) in [4.78, 5) is 33.9. The first kappa shape index (κ1) is 15.5. The molecule has 0 spiro atoms. The number of carbonyl (C=O) groups excluding carboxylic acids is 2. The fraction of sp³-hybridized carbons (Fsp3) is 0. The molecule has 8 heteroatoms. The average molecular weight is 320 g/mol. The molecule has 0 aliphatic rings. The van der Waals surface area contributed by atoms with Crippen molar-refractivity contribution >= 4 is 29.1 Å². The van der Waals surface area contributed by atoms with Gasteiger partial charge in [-0.2, -0.15) is 0 Å². The normalized spacial score (nSPS) is 9.86. The van der Waals surface area contributed by atoms with Gasteiger partial charge in [-0.15, -0.1) is 0 Å². The van der Waals surface area contributed by atoms with Crippen LogP contribution in [0.5, 0.6) is 0 Å². The first-order valence-electron chi connectivity index (χ1n) is 6.08. The van der Waals surface area contributed by atoms with Gasteiger partial charge in [0.25, 0.3) is 17.5 Å². The van der Waals surface area contributed by atoms with Crippen molar-refractivity contribution in [2.24, 2.45) is 0 Å². The highest BCUT2D eigenvalue weighted by atomic mass is 35.5. The van der Waals surface area contributed by atoms with Crippen molar-refractivity contribution in [1.29, 1.82) is 0 Å². The van der Waals surface area contributed by atoms with Crippen LogP contribution in [0.4, 0.5) is 5.69 Å². The van der Waals surface area contributed by atoms with Gasteiger partial charge < -0.3 is 0 Å². The Morgan fingerprint density at radius 1 is 1.00 bits per heavy atom. The molecule has 0 fully saturated rings. The van der Waals surface area contributed by atoms with Gasteiger partial charge in [0.2, 0.25) is 0 Å². The number of para-hydroxylation sites is 1. The van der Waals surface area contributed by atoms with Gasteiger partial charge in [-0.3, -0.25) is 30.6 Å². The Morgan fingerprint density at radius 3 is 2.36 bits per heavy atom. The van der Waals surface area contributed by atoms with Gasteiger partial charge in [-0.05, 0) is 24.3 Å². The summed E-state index contributed by atoms with van der Waals surface area (Å²) in [5, 5.41) is 11.2. The molecule has 2 aromatic rings. The zero-order valence-electron chi connectivity index (χ0n) is 11.1. The first-order valence-corrected chi connectivity index (χ1v) is 6.46. The first-order chi connectivity index (χ1) is 10.5. The minimum Gasteiger partial charge on any atom is -0.267 e. The number of halogens is 1. The minimum absolute atomic E-state index is 0.154. The maximum absolute atomic E-state index is 11.9. The molecule has 0 radical (unpaired) electrons. The molecule has 0 aliphatic carbocycles. The molecule has 2 aromatic carbocycles. The summed E-state index contributed by atoms with van der Waals surface area (Å²) < 4.78 is 0. The number of nitrogens with zero attached hydrogens (tertiary/aromatic N) is 1. The maximum Gasteiger partial charge on any atom is 0.282 e. The second-order valence-corrected chi connectivity index (χ2v) is 4.63. The van der Waals surface area contributed by atoms with Gasteiger partial charge in [-0.1, -0.05) is 29.8 Å². The van der Waals surface area contributed by atoms with Crippen LogP contribution in [0.15, 0.2) is 48.5 Å². The molecule has 0 aliphatic heterocycles. The number of hydrogen-bond acceptors (Lipinski definition) is 4. The predicted molar refractivity (Wildman–Crippen MR) is 79.5 cm³/mol. The largest absolute Gasteiger partial charge is 0.282 e. The van der Waals surface area contributed by atoms with E-state index in [9.17, 15) is 19.7 Å². The van der Waals surface area contributed by atoms with Crippen molar-refractivity contribution < 1.29 is 14.5 Å². The van der Waals surface area contributed by atoms with Crippen molar-refractivity contribution in [3.05, 3.63) is 74.8 Å². The van der Waals surface area contributed by atoms with Gasteiger partial charge in [-0.25, -0.2) is 0 Å². The van der Waals surface area contributed by atoms with Crippen molar-refractivity contribution in [2.45, 2.75) is 0 Å². The fourth-order valence-electron chi connectivity index (χ4n) is 1.71. The molecule has 0 atom stereocenters. The minimum atomic E-state index is -0.789. The lowest BCUT2D eigenvalue weighted by Crippen LogP contribution is -2.41. The Labute approximate surface area is 130 Å². The Hall–Kier alpha value is -2.93. The molecule has 0 bridgehead atoms. The Bertz CT molecular complexity index is 748. The Morgan fingerprint density at radius 2 is 1.68 bits per heavy atom. The van der Waals surface area contributed by atoms with Gasteiger partial charge >= 0.3 is 0 Å². The van der Waals surface area contributed by atoms with E-state index in [1.165, 1.54) is 36.4 Å². The lowest BCUT2D eigenvalue weighted by molar-refractivity contribution is -0.385. The number of benzene rings is 2. The number of rotatable bonds is 3. The van der Waals surface area contributed by atoms with Crippen molar-refractivity contribution in [3.63, 3.8) is 0 Å². The summed E-state index contributed by atoms with van der Waals surface area (Å²) in [5.74, 6) is -1.38. The molecule has 0 saturated carbocycles. The zero-order valence-corrected chi connectivity index (χ0v) is 11.8. The van der Waals surface area contributed by atoms with E-state index in [1.807, 2.05) is 0 Å². The topological polar surface area (TPSA) is 101 Å². The fourth-order valence-corrected chi connectivity index (χ4v) is 1.90. The summed E-state index contributed by atoms with van der Waals surface area (Å²) in [5.41, 5.74) is 4.04. The molecule has 0 aromatic heterocycles. The zero-order chi connectivity index (χ0) is 16.1. The molecule has 0 saturated heterocycles. The number of carbonyl (C=O) groups is 2. The van der Waals surface area contributed by atoms with Crippen LogP contribution in [0.25, 0.3) is 0 Å². The molecule has 2 amide bonds. The van der Waals surface area contributed by atoms with E-state index in [0.717, 1.165) is 0 Å². The smallest absolute Gasteiger partial charge is 0.267 e. The second kappa shape index (κ2) is 6.68. The van der Waals surface area contributed by atoms with Crippen LogP contribution in [0.1, 0.15) is 20.7 Å². The molecule has 7 nitrogen and oxygen atoms in total. The summed E-state index contributed by atoms with van der Waals surface area (Å²) in [6.07, 6.45) is 0.